The van der Waals surface area contributed by atoms with Gasteiger partial charge < -0.3 is 9.15 Å². The Bertz CT molecular complexity index is 642. The first-order valence-electron chi connectivity index (χ1n) is 7.04. The molecule has 0 saturated heterocycles. The van der Waals surface area contributed by atoms with Crippen molar-refractivity contribution in [3.8, 4) is 0 Å². The zero-order valence-electron chi connectivity index (χ0n) is 11.4. The summed E-state index contributed by atoms with van der Waals surface area (Å²) < 4.78 is 10.6. The fourth-order valence-corrected chi connectivity index (χ4v) is 3.21. The second kappa shape index (κ2) is 5.62. The first-order chi connectivity index (χ1) is 9.65. The number of oxazole rings is 1. The van der Waals surface area contributed by atoms with Gasteiger partial charge in [0.05, 0.1) is 17.0 Å². The van der Waals surface area contributed by atoms with E-state index in [1.807, 2.05) is 25.1 Å². The number of rotatable bonds is 5. The average Bonchev–Trinajstić information content (AvgIpc) is 2.75. The van der Waals surface area contributed by atoms with Crippen molar-refractivity contribution >= 4 is 22.7 Å². The molecule has 4 nitrogen and oxygen atoms in total. The largest absolute Gasteiger partial charge is 0.417 e. The van der Waals surface area contributed by atoms with E-state index in [1.54, 1.807) is 0 Å². The first kappa shape index (κ1) is 13.7. The van der Waals surface area contributed by atoms with Crippen LogP contribution >= 0.6 is 11.6 Å². The average molecular weight is 296 g/mol. The van der Waals surface area contributed by atoms with Crippen LogP contribution in [0.5, 0.6) is 0 Å². The van der Waals surface area contributed by atoms with Crippen LogP contribution in [-0.2, 0) is 4.74 Å². The number of hydrogen-bond acceptors (Lipinski definition) is 3. The standard InChI is InChI=1S/C15H18ClNO3/c1-2-19-11-5-9(6-11)7-12(16)10-3-4-13-14(8-10)20-15(18)17-13/h3-4,8-9,11-12H,2,5-7H2,1H3,(H,17,18). The summed E-state index contributed by atoms with van der Waals surface area (Å²) >= 11 is 6.47. The van der Waals surface area contributed by atoms with Crippen molar-refractivity contribution in [2.24, 2.45) is 5.92 Å². The number of aromatic amines is 1. The highest BCUT2D eigenvalue weighted by atomic mass is 35.5. The molecule has 1 fully saturated rings. The lowest BCUT2D eigenvalue weighted by atomic mass is 9.78. The fraction of sp³-hybridized carbons (Fsp3) is 0.533. The Balaban J connectivity index is 1.64. The zero-order chi connectivity index (χ0) is 14.1. The fourth-order valence-electron chi connectivity index (χ4n) is 2.82. The molecule has 2 aromatic rings. The minimum Gasteiger partial charge on any atom is -0.408 e. The molecule has 20 heavy (non-hydrogen) atoms. The van der Waals surface area contributed by atoms with E-state index in [0.29, 0.717) is 23.1 Å². The van der Waals surface area contributed by atoms with E-state index in [4.69, 9.17) is 20.8 Å². The topological polar surface area (TPSA) is 55.2 Å². The summed E-state index contributed by atoms with van der Waals surface area (Å²) in [6.07, 6.45) is 3.54. The van der Waals surface area contributed by atoms with Crippen molar-refractivity contribution < 1.29 is 9.15 Å². The number of H-pyrrole nitrogens is 1. The Hall–Kier alpha value is -1.26. The first-order valence-corrected chi connectivity index (χ1v) is 7.47. The van der Waals surface area contributed by atoms with Gasteiger partial charge >= 0.3 is 5.76 Å². The summed E-state index contributed by atoms with van der Waals surface area (Å²) in [5.41, 5.74) is 2.28. The molecule has 1 unspecified atom stereocenters. The lowest BCUT2D eigenvalue weighted by Crippen LogP contribution is -2.31. The van der Waals surface area contributed by atoms with E-state index in [2.05, 4.69) is 4.98 Å². The third kappa shape index (κ3) is 2.76. The Morgan fingerprint density at radius 2 is 2.30 bits per heavy atom. The van der Waals surface area contributed by atoms with E-state index in [1.165, 1.54) is 0 Å². The molecule has 0 aliphatic heterocycles. The van der Waals surface area contributed by atoms with Gasteiger partial charge in [-0.1, -0.05) is 6.07 Å². The summed E-state index contributed by atoms with van der Waals surface area (Å²) in [7, 11) is 0. The minimum atomic E-state index is -0.429. The van der Waals surface area contributed by atoms with Gasteiger partial charge in [0, 0.05) is 6.61 Å². The number of halogens is 1. The summed E-state index contributed by atoms with van der Waals surface area (Å²) in [6, 6.07) is 5.64. The number of hydrogen-bond donors (Lipinski definition) is 1. The molecule has 5 heteroatoms. The van der Waals surface area contributed by atoms with Crippen LogP contribution in [0.1, 0.15) is 37.1 Å². The molecular weight excluding hydrogens is 278 g/mol. The second-order valence-corrected chi connectivity index (χ2v) is 5.91. The molecule has 1 aromatic carbocycles. The number of benzene rings is 1. The molecule has 1 N–H and O–H groups in total. The third-order valence-electron chi connectivity index (χ3n) is 3.94. The molecule has 1 atom stereocenters. The highest BCUT2D eigenvalue weighted by Crippen LogP contribution is 2.39. The maximum absolute atomic E-state index is 11.1. The van der Waals surface area contributed by atoms with Gasteiger partial charge in [-0.2, -0.15) is 0 Å². The van der Waals surface area contributed by atoms with Crippen LogP contribution < -0.4 is 5.76 Å². The van der Waals surface area contributed by atoms with Crippen LogP contribution in [0.2, 0.25) is 0 Å². The zero-order valence-corrected chi connectivity index (χ0v) is 12.2. The van der Waals surface area contributed by atoms with Gasteiger partial charge in [-0.25, -0.2) is 4.79 Å². The smallest absolute Gasteiger partial charge is 0.408 e. The van der Waals surface area contributed by atoms with E-state index in [-0.39, 0.29) is 5.38 Å². The molecule has 0 spiro atoms. The number of nitrogens with one attached hydrogen (secondary N) is 1. The quantitative estimate of drug-likeness (QED) is 0.857. The van der Waals surface area contributed by atoms with Gasteiger partial charge in [-0.3, -0.25) is 4.98 Å². The molecule has 1 heterocycles. The summed E-state index contributed by atoms with van der Waals surface area (Å²) in [5, 5.41) is -0.0489. The maximum Gasteiger partial charge on any atom is 0.417 e. The van der Waals surface area contributed by atoms with Gasteiger partial charge in [-0.15, -0.1) is 11.6 Å². The van der Waals surface area contributed by atoms with Crippen molar-refractivity contribution in [3.05, 3.63) is 34.3 Å². The molecule has 1 aliphatic rings. The van der Waals surface area contributed by atoms with Crippen molar-refractivity contribution in [1.82, 2.24) is 4.98 Å². The van der Waals surface area contributed by atoms with Crippen LogP contribution in [-0.4, -0.2) is 17.7 Å². The molecule has 108 valence electrons. The maximum atomic E-state index is 11.1. The SMILES string of the molecule is CCOC1CC(CC(Cl)c2ccc3[nH]c(=O)oc3c2)C1. The molecule has 0 amide bonds. The van der Waals surface area contributed by atoms with E-state index in [9.17, 15) is 4.79 Å². The van der Waals surface area contributed by atoms with Gasteiger partial charge in [0.2, 0.25) is 0 Å². The number of ether oxygens (including phenoxy) is 1. The van der Waals surface area contributed by atoms with Gasteiger partial charge in [0.25, 0.3) is 0 Å². The predicted octanol–water partition coefficient (Wildman–Crippen LogP) is 3.61. The monoisotopic (exact) mass is 295 g/mol. The molecule has 0 bridgehead atoms. The van der Waals surface area contributed by atoms with E-state index >= 15 is 0 Å². The van der Waals surface area contributed by atoms with Gasteiger partial charge in [-0.05, 0) is 49.8 Å². The van der Waals surface area contributed by atoms with Crippen molar-refractivity contribution in [2.75, 3.05) is 6.61 Å². The van der Waals surface area contributed by atoms with Crippen LogP contribution in [0.15, 0.2) is 27.4 Å². The number of fused-ring (bicyclic) bond motifs is 1. The molecule has 3 rings (SSSR count). The Labute approximate surface area is 122 Å². The molecule has 1 aliphatic carbocycles. The minimum absolute atomic E-state index is 0.0489. The lowest BCUT2D eigenvalue weighted by Gasteiger charge is -2.36. The molecule has 0 radical (unpaired) electrons. The summed E-state index contributed by atoms with van der Waals surface area (Å²) in [5.74, 6) is 0.199. The molecular formula is C15H18ClNO3. The Kier molecular flexibility index (Phi) is 3.85. The highest BCUT2D eigenvalue weighted by Gasteiger charge is 2.31. The molecule has 1 saturated carbocycles. The summed E-state index contributed by atoms with van der Waals surface area (Å²) in [6.45, 7) is 2.81. The lowest BCUT2D eigenvalue weighted by molar-refractivity contribution is -0.0267. The van der Waals surface area contributed by atoms with Crippen molar-refractivity contribution in [1.29, 1.82) is 0 Å². The predicted molar refractivity (Wildman–Crippen MR) is 78.2 cm³/mol. The second-order valence-electron chi connectivity index (χ2n) is 5.39. The van der Waals surface area contributed by atoms with Crippen LogP contribution in [0.25, 0.3) is 11.1 Å². The highest BCUT2D eigenvalue weighted by molar-refractivity contribution is 6.20. The van der Waals surface area contributed by atoms with Gasteiger partial charge in [0.1, 0.15) is 0 Å². The summed E-state index contributed by atoms with van der Waals surface area (Å²) in [4.78, 5) is 13.8. The number of alkyl halides is 1. The van der Waals surface area contributed by atoms with Crippen LogP contribution in [0.3, 0.4) is 0 Å². The third-order valence-corrected chi connectivity index (χ3v) is 4.37. The number of aromatic nitrogens is 1. The Morgan fingerprint density at radius 1 is 1.50 bits per heavy atom. The van der Waals surface area contributed by atoms with E-state index < -0.39 is 5.76 Å². The van der Waals surface area contributed by atoms with Crippen LogP contribution in [0, 0.1) is 5.92 Å². The van der Waals surface area contributed by atoms with Crippen molar-refractivity contribution in [2.45, 2.75) is 37.7 Å². The Morgan fingerprint density at radius 3 is 3.05 bits per heavy atom. The van der Waals surface area contributed by atoms with Crippen LogP contribution in [0.4, 0.5) is 0 Å². The normalized spacial score (nSPS) is 23.7. The molecule has 1 aromatic heterocycles. The van der Waals surface area contributed by atoms with Gasteiger partial charge in [0.15, 0.2) is 5.58 Å². The van der Waals surface area contributed by atoms with Crippen molar-refractivity contribution in [3.63, 3.8) is 0 Å². The van der Waals surface area contributed by atoms with E-state index in [0.717, 1.165) is 31.4 Å².